The summed E-state index contributed by atoms with van der Waals surface area (Å²) in [6.45, 7) is 7.36. The number of carbonyl (C=O) groups excluding carboxylic acids is 3. The van der Waals surface area contributed by atoms with Crippen molar-refractivity contribution in [3.8, 4) is 0 Å². The first kappa shape index (κ1) is 15.8. The highest BCUT2D eigenvalue weighted by molar-refractivity contribution is 5.87. The Hall–Kier alpha value is -1.59. The van der Waals surface area contributed by atoms with E-state index in [0.717, 1.165) is 19.4 Å². The molecule has 118 valence electrons. The molecular weight excluding hydrogens is 270 g/mol. The van der Waals surface area contributed by atoms with Gasteiger partial charge in [-0.15, -0.1) is 0 Å². The first-order chi connectivity index (χ1) is 9.83. The van der Waals surface area contributed by atoms with Crippen molar-refractivity contribution in [3.63, 3.8) is 0 Å². The van der Waals surface area contributed by atoms with Crippen LogP contribution in [0.5, 0.6) is 0 Å². The number of likely N-dealkylation sites (tertiary alicyclic amines) is 1. The predicted octanol–water partition coefficient (Wildman–Crippen LogP) is 0.276. The van der Waals surface area contributed by atoms with Gasteiger partial charge >= 0.3 is 0 Å². The smallest absolute Gasteiger partial charge is 0.245 e. The number of amides is 3. The third-order valence-electron chi connectivity index (χ3n) is 4.62. The summed E-state index contributed by atoms with van der Waals surface area (Å²) >= 11 is 0. The fraction of sp³-hybridized carbons (Fsp3) is 0.800. The molecule has 2 rings (SSSR count). The van der Waals surface area contributed by atoms with Crippen molar-refractivity contribution in [1.82, 2.24) is 15.5 Å². The lowest BCUT2D eigenvalue weighted by Gasteiger charge is -2.40. The largest absolute Gasteiger partial charge is 0.356 e. The lowest BCUT2D eigenvalue weighted by atomic mass is 9.77. The Morgan fingerprint density at radius 2 is 1.90 bits per heavy atom. The molecule has 0 radical (unpaired) electrons. The van der Waals surface area contributed by atoms with Crippen molar-refractivity contribution in [1.29, 1.82) is 0 Å². The van der Waals surface area contributed by atoms with Crippen molar-refractivity contribution >= 4 is 17.7 Å². The van der Waals surface area contributed by atoms with E-state index in [1.165, 1.54) is 6.92 Å². The van der Waals surface area contributed by atoms with Crippen molar-refractivity contribution in [2.75, 3.05) is 19.6 Å². The summed E-state index contributed by atoms with van der Waals surface area (Å²) < 4.78 is 0. The highest BCUT2D eigenvalue weighted by Gasteiger charge is 2.42. The van der Waals surface area contributed by atoms with E-state index in [1.54, 1.807) is 0 Å². The molecule has 1 unspecified atom stereocenters. The number of piperidine rings is 1. The molecule has 2 aliphatic rings. The van der Waals surface area contributed by atoms with Crippen LogP contribution in [-0.2, 0) is 14.4 Å². The summed E-state index contributed by atoms with van der Waals surface area (Å²) in [5.74, 6) is -0.00598. The van der Waals surface area contributed by atoms with Crippen LogP contribution in [-0.4, -0.2) is 48.3 Å². The minimum absolute atomic E-state index is 0.00710. The lowest BCUT2D eigenvalue weighted by molar-refractivity contribution is -0.139. The van der Waals surface area contributed by atoms with E-state index in [-0.39, 0.29) is 29.1 Å². The third-order valence-corrected chi connectivity index (χ3v) is 4.62. The Morgan fingerprint density at radius 3 is 2.33 bits per heavy atom. The molecular formula is C15H25N3O3. The van der Waals surface area contributed by atoms with Crippen LogP contribution in [0.3, 0.4) is 0 Å². The van der Waals surface area contributed by atoms with Crippen LogP contribution in [0.2, 0.25) is 0 Å². The van der Waals surface area contributed by atoms with E-state index >= 15 is 0 Å². The minimum atomic E-state index is -0.458. The van der Waals surface area contributed by atoms with Gasteiger partial charge in [0.1, 0.15) is 6.04 Å². The van der Waals surface area contributed by atoms with E-state index in [4.69, 9.17) is 0 Å². The highest BCUT2D eigenvalue weighted by Crippen LogP contribution is 2.37. The fourth-order valence-electron chi connectivity index (χ4n) is 3.24. The molecule has 2 N–H and O–H groups in total. The molecule has 0 aromatic carbocycles. The summed E-state index contributed by atoms with van der Waals surface area (Å²) in [5, 5.41) is 5.64. The van der Waals surface area contributed by atoms with Gasteiger partial charge in [0.15, 0.2) is 0 Å². The van der Waals surface area contributed by atoms with Crippen LogP contribution in [0.15, 0.2) is 0 Å². The van der Waals surface area contributed by atoms with Crippen molar-refractivity contribution < 1.29 is 14.4 Å². The monoisotopic (exact) mass is 295 g/mol. The second kappa shape index (κ2) is 6.03. The van der Waals surface area contributed by atoms with Gasteiger partial charge in [0.2, 0.25) is 17.7 Å². The molecule has 6 heteroatoms. The van der Waals surface area contributed by atoms with E-state index in [1.807, 2.05) is 18.7 Å². The molecule has 2 fully saturated rings. The number of nitrogens with zero attached hydrogens (tertiary/aromatic N) is 1. The average Bonchev–Trinajstić information content (AvgIpc) is 2.77. The Balaban J connectivity index is 1.95. The van der Waals surface area contributed by atoms with E-state index in [0.29, 0.717) is 19.5 Å². The van der Waals surface area contributed by atoms with Gasteiger partial charge in [-0.1, -0.05) is 13.8 Å². The maximum Gasteiger partial charge on any atom is 0.245 e. The van der Waals surface area contributed by atoms with Crippen LogP contribution < -0.4 is 10.6 Å². The van der Waals surface area contributed by atoms with Gasteiger partial charge in [0.05, 0.1) is 0 Å². The number of rotatable bonds is 3. The normalized spacial score (nSPS) is 22.3. The lowest BCUT2D eigenvalue weighted by Crippen LogP contribution is -2.54. The van der Waals surface area contributed by atoms with Gasteiger partial charge in [0, 0.05) is 33.0 Å². The maximum absolute atomic E-state index is 12.6. The Bertz CT molecular complexity index is 439. The van der Waals surface area contributed by atoms with Crippen LogP contribution in [0.25, 0.3) is 0 Å². The molecule has 3 amide bonds. The molecule has 0 aliphatic carbocycles. The zero-order valence-corrected chi connectivity index (χ0v) is 13.1. The second-order valence-electron chi connectivity index (χ2n) is 6.70. The third kappa shape index (κ3) is 3.54. The zero-order chi connectivity index (χ0) is 15.6. The summed E-state index contributed by atoms with van der Waals surface area (Å²) in [4.78, 5) is 37.1. The van der Waals surface area contributed by atoms with Gasteiger partial charge in [-0.3, -0.25) is 14.4 Å². The molecule has 0 saturated carbocycles. The van der Waals surface area contributed by atoms with E-state index < -0.39 is 6.04 Å². The van der Waals surface area contributed by atoms with Gasteiger partial charge in [-0.2, -0.15) is 0 Å². The van der Waals surface area contributed by atoms with Crippen LogP contribution in [0.4, 0.5) is 0 Å². The first-order valence-corrected chi connectivity index (χ1v) is 7.66. The van der Waals surface area contributed by atoms with Crippen LogP contribution in [0, 0.1) is 11.3 Å². The molecule has 1 spiro atoms. The molecule has 21 heavy (non-hydrogen) atoms. The predicted molar refractivity (Wildman–Crippen MR) is 78.3 cm³/mol. The second-order valence-corrected chi connectivity index (χ2v) is 6.70. The van der Waals surface area contributed by atoms with Gasteiger partial charge in [-0.25, -0.2) is 0 Å². The Kier molecular flexibility index (Phi) is 4.54. The van der Waals surface area contributed by atoms with Crippen molar-refractivity contribution in [2.24, 2.45) is 11.3 Å². The van der Waals surface area contributed by atoms with Crippen molar-refractivity contribution in [2.45, 2.75) is 46.1 Å². The summed E-state index contributed by atoms with van der Waals surface area (Å²) in [6, 6.07) is -0.458. The highest BCUT2D eigenvalue weighted by atomic mass is 16.2. The molecule has 0 bridgehead atoms. The number of hydrogen-bond acceptors (Lipinski definition) is 3. The Morgan fingerprint density at radius 1 is 1.29 bits per heavy atom. The summed E-state index contributed by atoms with van der Waals surface area (Å²) in [5.41, 5.74) is 0.0369. The SMILES string of the molecule is CC(=O)NC(C(=O)N1CCC2(CC1)CNC(=O)C2)C(C)C. The topological polar surface area (TPSA) is 78.5 Å². The zero-order valence-electron chi connectivity index (χ0n) is 13.1. The molecule has 0 aromatic rings. The first-order valence-electron chi connectivity index (χ1n) is 7.66. The summed E-state index contributed by atoms with van der Waals surface area (Å²) in [7, 11) is 0. The molecule has 2 aliphatic heterocycles. The average molecular weight is 295 g/mol. The summed E-state index contributed by atoms with van der Waals surface area (Å²) in [6.07, 6.45) is 2.28. The maximum atomic E-state index is 12.6. The molecule has 2 heterocycles. The molecule has 6 nitrogen and oxygen atoms in total. The van der Waals surface area contributed by atoms with Crippen LogP contribution >= 0.6 is 0 Å². The van der Waals surface area contributed by atoms with Gasteiger partial charge in [0.25, 0.3) is 0 Å². The minimum Gasteiger partial charge on any atom is -0.356 e. The standard InChI is InChI=1S/C15H25N3O3/c1-10(2)13(17-11(3)19)14(21)18-6-4-15(5-7-18)8-12(20)16-9-15/h10,13H,4-9H2,1-3H3,(H,16,20)(H,17,19). The molecule has 0 aromatic heterocycles. The quantitative estimate of drug-likeness (QED) is 0.785. The fourth-order valence-corrected chi connectivity index (χ4v) is 3.24. The van der Waals surface area contributed by atoms with Gasteiger partial charge < -0.3 is 15.5 Å². The van der Waals surface area contributed by atoms with Crippen LogP contribution in [0.1, 0.15) is 40.0 Å². The Labute approximate surface area is 125 Å². The number of hydrogen-bond donors (Lipinski definition) is 2. The van der Waals surface area contributed by atoms with Gasteiger partial charge in [-0.05, 0) is 24.2 Å². The van der Waals surface area contributed by atoms with E-state index in [2.05, 4.69) is 10.6 Å². The van der Waals surface area contributed by atoms with E-state index in [9.17, 15) is 14.4 Å². The molecule has 2 saturated heterocycles. The number of carbonyl (C=O) groups is 3. The molecule has 1 atom stereocenters. The van der Waals surface area contributed by atoms with Crippen molar-refractivity contribution in [3.05, 3.63) is 0 Å². The number of nitrogens with one attached hydrogen (secondary N) is 2.